The highest BCUT2D eigenvalue weighted by Crippen LogP contribution is 2.32. The molecule has 0 spiro atoms. The van der Waals surface area contributed by atoms with Crippen LogP contribution in [0.2, 0.25) is 0 Å². The summed E-state index contributed by atoms with van der Waals surface area (Å²) in [5.41, 5.74) is 14.6. The molecule has 0 aliphatic heterocycles. The Balaban J connectivity index is 2.41. The maximum atomic E-state index is 6.39. The van der Waals surface area contributed by atoms with Gasteiger partial charge < -0.3 is 16.8 Å². The van der Waals surface area contributed by atoms with Crippen molar-refractivity contribution >= 4 is 5.69 Å². The normalized spacial score (nSPS) is 24.0. The summed E-state index contributed by atoms with van der Waals surface area (Å²) in [4.78, 5) is 0. The molecule has 1 atom stereocenters. The van der Waals surface area contributed by atoms with Gasteiger partial charge in [-0.1, -0.05) is 30.4 Å². The van der Waals surface area contributed by atoms with Crippen molar-refractivity contribution < 1.29 is 0 Å². The monoisotopic (exact) mass is 215 g/mol. The first-order valence-corrected chi connectivity index (χ1v) is 5.37. The molecule has 0 fully saturated rings. The summed E-state index contributed by atoms with van der Waals surface area (Å²) in [7, 11) is 1.90. The van der Waals surface area contributed by atoms with Gasteiger partial charge in [0.2, 0.25) is 0 Å². The van der Waals surface area contributed by atoms with E-state index in [9.17, 15) is 0 Å². The van der Waals surface area contributed by atoms with Crippen LogP contribution in [-0.4, -0.2) is 7.05 Å². The van der Waals surface area contributed by atoms with Gasteiger partial charge in [0.25, 0.3) is 0 Å². The lowest BCUT2D eigenvalue weighted by Gasteiger charge is -2.29. The third-order valence-corrected chi connectivity index (χ3v) is 2.95. The van der Waals surface area contributed by atoms with Crippen molar-refractivity contribution in [1.29, 1.82) is 0 Å². The minimum atomic E-state index is -0.456. The minimum Gasteiger partial charge on any atom is -0.399 e. The van der Waals surface area contributed by atoms with Crippen molar-refractivity contribution in [3.05, 3.63) is 53.8 Å². The van der Waals surface area contributed by atoms with Crippen molar-refractivity contribution in [3.8, 4) is 0 Å². The molecule has 1 aliphatic rings. The molecule has 0 saturated heterocycles. The fourth-order valence-electron chi connectivity index (χ4n) is 1.97. The van der Waals surface area contributed by atoms with Crippen LogP contribution < -0.4 is 16.8 Å². The van der Waals surface area contributed by atoms with Crippen LogP contribution in [-0.2, 0) is 5.54 Å². The highest BCUT2D eigenvalue weighted by molar-refractivity contribution is 5.56. The van der Waals surface area contributed by atoms with Crippen molar-refractivity contribution in [3.63, 3.8) is 0 Å². The average molecular weight is 215 g/mol. The molecule has 0 aromatic heterocycles. The first-order chi connectivity index (χ1) is 7.65. The highest BCUT2D eigenvalue weighted by Gasteiger charge is 2.27. The van der Waals surface area contributed by atoms with Gasteiger partial charge in [0.05, 0.1) is 5.54 Å². The fourth-order valence-corrected chi connectivity index (χ4v) is 1.97. The van der Waals surface area contributed by atoms with E-state index in [4.69, 9.17) is 11.5 Å². The van der Waals surface area contributed by atoms with E-state index in [0.29, 0.717) is 0 Å². The number of hydrogen-bond donors (Lipinski definition) is 3. The van der Waals surface area contributed by atoms with Gasteiger partial charge in [0.15, 0.2) is 0 Å². The second-order valence-electron chi connectivity index (χ2n) is 4.08. The zero-order chi connectivity index (χ0) is 11.6. The van der Waals surface area contributed by atoms with Crippen LogP contribution in [0.15, 0.2) is 48.2 Å². The standard InChI is InChI=1S/C13H17N3/c1-16-12-5-3-2-4-11(12)13(15)8-6-10(14)7-9-13/h2-8,16H,9,14-15H2,1H3. The predicted molar refractivity (Wildman–Crippen MR) is 67.9 cm³/mol. The summed E-state index contributed by atoms with van der Waals surface area (Å²) in [6.07, 6.45) is 6.54. The quantitative estimate of drug-likeness (QED) is 0.703. The predicted octanol–water partition coefficient (Wildman–Crippen LogP) is 1.68. The zero-order valence-electron chi connectivity index (χ0n) is 9.40. The Morgan fingerprint density at radius 1 is 1.31 bits per heavy atom. The van der Waals surface area contributed by atoms with Gasteiger partial charge >= 0.3 is 0 Å². The van der Waals surface area contributed by atoms with Crippen LogP contribution in [0.25, 0.3) is 0 Å². The van der Waals surface area contributed by atoms with Gasteiger partial charge in [-0.3, -0.25) is 0 Å². The third kappa shape index (κ3) is 1.82. The van der Waals surface area contributed by atoms with Crippen LogP contribution in [0.4, 0.5) is 5.69 Å². The molecule has 5 N–H and O–H groups in total. The van der Waals surface area contributed by atoms with Crippen molar-refractivity contribution in [2.24, 2.45) is 11.5 Å². The summed E-state index contributed by atoms with van der Waals surface area (Å²) in [6.45, 7) is 0. The number of hydrogen-bond acceptors (Lipinski definition) is 3. The van der Waals surface area contributed by atoms with Gasteiger partial charge in [-0.2, -0.15) is 0 Å². The average Bonchev–Trinajstić information content (AvgIpc) is 2.33. The molecule has 1 aliphatic carbocycles. The third-order valence-electron chi connectivity index (χ3n) is 2.95. The summed E-state index contributed by atoms with van der Waals surface area (Å²) in [5.74, 6) is 0. The maximum absolute atomic E-state index is 6.39. The van der Waals surface area contributed by atoms with Gasteiger partial charge in [-0.25, -0.2) is 0 Å². The lowest BCUT2D eigenvalue weighted by atomic mass is 9.83. The Labute approximate surface area is 95.8 Å². The molecule has 0 radical (unpaired) electrons. The largest absolute Gasteiger partial charge is 0.399 e. The van der Waals surface area contributed by atoms with Crippen molar-refractivity contribution in [2.75, 3.05) is 12.4 Å². The van der Waals surface area contributed by atoms with Gasteiger partial charge in [-0.05, 0) is 24.1 Å². The smallest absolute Gasteiger partial charge is 0.0655 e. The van der Waals surface area contributed by atoms with E-state index in [0.717, 1.165) is 23.4 Å². The molecule has 0 saturated carbocycles. The Kier molecular flexibility index (Phi) is 2.71. The number of benzene rings is 1. The van der Waals surface area contributed by atoms with Crippen LogP contribution >= 0.6 is 0 Å². The molecule has 84 valence electrons. The molecule has 1 unspecified atom stereocenters. The highest BCUT2D eigenvalue weighted by atomic mass is 14.8. The van der Waals surface area contributed by atoms with Crippen LogP contribution in [0.5, 0.6) is 0 Å². The molecule has 16 heavy (non-hydrogen) atoms. The van der Waals surface area contributed by atoms with E-state index in [1.54, 1.807) is 0 Å². The van der Waals surface area contributed by atoms with E-state index in [2.05, 4.69) is 5.32 Å². The molecular weight excluding hydrogens is 198 g/mol. The molecule has 3 nitrogen and oxygen atoms in total. The summed E-state index contributed by atoms with van der Waals surface area (Å²) < 4.78 is 0. The summed E-state index contributed by atoms with van der Waals surface area (Å²) >= 11 is 0. The van der Waals surface area contributed by atoms with Crippen LogP contribution in [0.1, 0.15) is 12.0 Å². The van der Waals surface area contributed by atoms with Crippen molar-refractivity contribution in [1.82, 2.24) is 0 Å². The number of allylic oxidation sites excluding steroid dienone is 1. The van der Waals surface area contributed by atoms with Gasteiger partial charge in [0.1, 0.15) is 0 Å². The number of para-hydroxylation sites is 1. The summed E-state index contributed by atoms with van der Waals surface area (Å²) in [6, 6.07) is 8.07. The molecule has 1 aromatic rings. The topological polar surface area (TPSA) is 64.1 Å². The van der Waals surface area contributed by atoms with Gasteiger partial charge in [-0.15, -0.1) is 0 Å². The Morgan fingerprint density at radius 2 is 2.06 bits per heavy atom. The lowest BCUT2D eigenvalue weighted by molar-refractivity contribution is 0.563. The Bertz CT molecular complexity index is 448. The SMILES string of the molecule is CNc1ccccc1C1(N)C=CC(N)=CC1. The van der Waals surface area contributed by atoms with Crippen LogP contribution in [0, 0.1) is 0 Å². The second kappa shape index (κ2) is 4.02. The number of anilines is 1. The zero-order valence-corrected chi connectivity index (χ0v) is 9.40. The molecular formula is C13H17N3. The molecule has 3 heteroatoms. The molecule has 2 rings (SSSR count). The van der Waals surface area contributed by atoms with E-state index < -0.39 is 5.54 Å². The van der Waals surface area contributed by atoms with E-state index in [-0.39, 0.29) is 0 Å². The molecule has 0 heterocycles. The number of nitrogens with two attached hydrogens (primary N) is 2. The first-order valence-electron chi connectivity index (χ1n) is 5.37. The van der Waals surface area contributed by atoms with Gasteiger partial charge in [0, 0.05) is 18.4 Å². The van der Waals surface area contributed by atoms with E-state index in [1.165, 1.54) is 0 Å². The molecule has 1 aromatic carbocycles. The number of rotatable bonds is 2. The second-order valence-corrected chi connectivity index (χ2v) is 4.08. The molecule has 0 bridgehead atoms. The van der Waals surface area contributed by atoms with Crippen molar-refractivity contribution in [2.45, 2.75) is 12.0 Å². The molecule has 0 amide bonds. The minimum absolute atomic E-state index is 0.456. The fraction of sp³-hybridized carbons (Fsp3) is 0.231. The lowest BCUT2D eigenvalue weighted by Crippen LogP contribution is -2.36. The first kappa shape index (κ1) is 10.8. The number of nitrogens with one attached hydrogen (secondary N) is 1. The van der Waals surface area contributed by atoms with E-state index >= 15 is 0 Å². The Hall–Kier alpha value is -1.74. The Morgan fingerprint density at radius 3 is 2.69 bits per heavy atom. The summed E-state index contributed by atoms with van der Waals surface area (Å²) in [5, 5.41) is 3.16. The van der Waals surface area contributed by atoms with Crippen LogP contribution in [0.3, 0.4) is 0 Å². The maximum Gasteiger partial charge on any atom is 0.0655 e. The van der Waals surface area contributed by atoms with E-state index in [1.807, 2.05) is 49.5 Å².